The molecule has 1 aliphatic rings. The summed E-state index contributed by atoms with van der Waals surface area (Å²) < 4.78 is 10.3. The maximum atomic E-state index is 11.2. The van der Waals surface area contributed by atoms with Crippen LogP contribution in [0.15, 0.2) is 18.2 Å². The van der Waals surface area contributed by atoms with Crippen molar-refractivity contribution in [2.45, 2.75) is 6.92 Å². The SMILES string of the molecule is CCNC(=O)Nc1ccc2c(c1)OCO2. The first-order chi connectivity index (χ1) is 7.29. The Hall–Kier alpha value is -1.91. The van der Waals surface area contributed by atoms with Crippen molar-refractivity contribution in [1.82, 2.24) is 5.32 Å². The lowest BCUT2D eigenvalue weighted by Crippen LogP contribution is -2.28. The molecule has 1 aromatic carbocycles. The molecule has 0 radical (unpaired) electrons. The largest absolute Gasteiger partial charge is 0.454 e. The lowest BCUT2D eigenvalue weighted by atomic mass is 10.3. The first-order valence-electron chi connectivity index (χ1n) is 4.74. The van der Waals surface area contributed by atoms with Crippen molar-refractivity contribution >= 4 is 11.7 Å². The minimum absolute atomic E-state index is 0.226. The maximum Gasteiger partial charge on any atom is 0.319 e. The summed E-state index contributed by atoms with van der Waals surface area (Å²) in [5.74, 6) is 1.36. The van der Waals surface area contributed by atoms with Crippen LogP contribution in [0.5, 0.6) is 11.5 Å². The molecule has 2 amide bonds. The van der Waals surface area contributed by atoms with E-state index in [-0.39, 0.29) is 12.8 Å². The second kappa shape index (κ2) is 4.08. The first kappa shape index (κ1) is 9.64. The van der Waals surface area contributed by atoms with E-state index < -0.39 is 0 Å². The summed E-state index contributed by atoms with van der Waals surface area (Å²) in [6.45, 7) is 2.69. The maximum absolute atomic E-state index is 11.2. The van der Waals surface area contributed by atoms with Gasteiger partial charge in [0.05, 0.1) is 0 Å². The van der Waals surface area contributed by atoms with Crippen LogP contribution >= 0.6 is 0 Å². The molecule has 1 heterocycles. The number of carbonyl (C=O) groups is 1. The van der Waals surface area contributed by atoms with Gasteiger partial charge in [0, 0.05) is 18.3 Å². The molecular formula is C10H12N2O3. The number of carbonyl (C=O) groups excluding carboxylic acids is 1. The summed E-state index contributed by atoms with van der Waals surface area (Å²) in [7, 11) is 0. The number of benzene rings is 1. The molecule has 0 aromatic heterocycles. The van der Waals surface area contributed by atoms with Crippen molar-refractivity contribution in [2.75, 3.05) is 18.7 Å². The predicted octanol–water partition coefficient (Wildman–Crippen LogP) is 1.56. The molecule has 0 spiro atoms. The van der Waals surface area contributed by atoms with E-state index in [1.807, 2.05) is 6.92 Å². The standard InChI is InChI=1S/C10H12N2O3/c1-2-11-10(13)12-7-3-4-8-9(5-7)15-6-14-8/h3-5H,2,6H2,1H3,(H2,11,12,13). The molecule has 0 saturated carbocycles. The van der Waals surface area contributed by atoms with Crippen molar-refractivity contribution in [3.05, 3.63) is 18.2 Å². The molecule has 0 aliphatic carbocycles. The van der Waals surface area contributed by atoms with Crippen LogP contribution in [0.2, 0.25) is 0 Å². The second-order valence-electron chi connectivity index (χ2n) is 3.05. The second-order valence-corrected chi connectivity index (χ2v) is 3.05. The van der Waals surface area contributed by atoms with Gasteiger partial charge in [0.25, 0.3) is 0 Å². The molecule has 5 nitrogen and oxygen atoms in total. The van der Waals surface area contributed by atoms with Crippen LogP contribution in [0.4, 0.5) is 10.5 Å². The number of rotatable bonds is 2. The van der Waals surface area contributed by atoms with Crippen molar-refractivity contribution in [2.24, 2.45) is 0 Å². The van der Waals surface area contributed by atoms with Crippen LogP contribution in [0, 0.1) is 0 Å². The smallest absolute Gasteiger partial charge is 0.319 e. The highest BCUT2D eigenvalue weighted by Crippen LogP contribution is 2.34. The molecular weight excluding hydrogens is 196 g/mol. The molecule has 1 aliphatic heterocycles. The van der Waals surface area contributed by atoms with Crippen molar-refractivity contribution < 1.29 is 14.3 Å². The van der Waals surface area contributed by atoms with E-state index in [1.165, 1.54) is 0 Å². The number of hydrogen-bond donors (Lipinski definition) is 2. The van der Waals surface area contributed by atoms with Gasteiger partial charge in [-0.1, -0.05) is 0 Å². The average Bonchev–Trinajstić information content (AvgIpc) is 2.65. The van der Waals surface area contributed by atoms with E-state index in [0.29, 0.717) is 23.7 Å². The Balaban J connectivity index is 2.06. The minimum Gasteiger partial charge on any atom is -0.454 e. The Morgan fingerprint density at radius 1 is 1.40 bits per heavy atom. The van der Waals surface area contributed by atoms with Gasteiger partial charge in [0.15, 0.2) is 11.5 Å². The van der Waals surface area contributed by atoms with Gasteiger partial charge < -0.3 is 20.1 Å². The van der Waals surface area contributed by atoms with E-state index >= 15 is 0 Å². The fraction of sp³-hybridized carbons (Fsp3) is 0.300. The van der Waals surface area contributed by atoms with Gasteiger partial charge in [-0.3, -0.25) is 0 Å². The lowest BCUT2D eigenvalue weighted by molar-refractivity contribution is 0.174. The predicted molar refractivity (Wildman–Crippen MR) is 55.3 cm³/mol. The molecule has 2 rings (SSSR count). The van der Waals surface area contributed by atoms with Gasteiger partial charge in [0.2, 0.25) is 6.79 Å². The van der Waals surface area contributed by atoms with Gasteiger partial charge in [-0.15, -0.1) is 0 Å². The highest BCUT2D eigenvalue weighted by Gasteiger charge is 2.13. The Labute approximate surface area is 87.4 Å². The van der Waals surface area contributed by atoms with Crippen LogP contribution in [-0.2, 0) is 0 Å². The third-order valence-corrected chi connectivity index (χ3v) is 1.97. The molecule has 0 fully saturated rings. The van der Waals surface area contributed by atoms with Crippen LogP contribution in [-0.4, -0.2) is 19.4 Å². The zero-order valence-corrected chi connectivity index (χ0v) is 8.37. The Morgan fingerprint density at radius 2 is 2.20 bits per heavy atom. The fourth-order valence-corrected chi connectivity index (χ4v) is 1.31. The molecule has 0 atom stereocenters. The van der Waals surface area contributed by atoms with Crippen molar-refractivity contribution in [3.63, 3.8) is 0 Å². The van der Waals surface area contributed by atoms with Crippen LogP contribution in [0.3, 0.4) is 0 Å². The Morgan fingerprint density at radius 3 is 3.00 bits per heavy atom. The fourth-order valence-electron chi connectivity index (χ4n) is 1.31. The van der Waals surface area contributed by atoms with Crippen LogP contribution < -0.4 is 20.1 Å². The molecule has 0 unspecified atom stereocenters. The van der Waals surface area contributed by atoms with Gasteiger partial charge in [-0.05, 0) is 19.1 Å². The number of hydrogen-bond acceptors (Lipinski definition) is 3. The van der Waals surface area contributed by atoms with E-state index in [4.69, 9.17) is 9.47 Å². The molecule has 1 aromatic rings. The van der Waals surface area contributed by atoms with Crippen molar-refractivity contribution in [3.8, 4) is 11.5 Å². The summed E-state index contributed by atoms with van der Waals surface area (Å²) in [4.78, 5) is 11.2. The van der Waals surface area contributed by atoms with E-state index in [2.05, 4.69) is 10.6 Å². The number of urea groups is 1. The zero-order chi connectivity index (χ0) is 10.7. The van der Waals surface area contributed by atoms with Gasteiger partial charge >= 0.3 is 6.03 Å². The van der Waals surface area contributed by atoms with Crippen LogP contribution in [0.1, 0.15) is 6.92 Å². The van der Waals surface area contributed by atoms with E-state index in [0.717, 1.165) is 0 Å². The minimum atomic E-state index is -0.226. The number of amides is 2. The average molecular weight is 208 g/mol. The lowest BCUT2D eigenvalue weighted by Gasteiger charge is -2.06. The van der Waals surface area contributed by atoms with Gasteiger partial charge in [-0.25, -0.2) is 4.79 Å². The molecule has 0 bridgehead atoms. The van der Waals surface area contributed by atoms with Gasteiger partial charge in [0.1, 0.15) is 0 Å². The quantitative estimate of drug-likeness (QED) is 0.775. The topological polar surface area (TPSA) is 59.6 Å². The van der Waals surface area contributed by atoms with Crippen LogP contribution in [0.25, 0.3) is 0 Å². The highest BCUT2D eigenvalue weighted by molar-refractivity contribution is 5.89. The number of nitrogens with one attached hydrogen (secondary N) is 2. The molecule has 2 N–H and O–H groups in total. The molecule has 15 heavy (non-hydrogen) atoms. The third kappa shape index (κ3) is 2.12. The molecule has 80 valence electrons. The number of fused-ring (bicyclic) bond motifs is 1. The van der Waals surface area contributed by atoms with Crippen molar-refractivity contribution in [1.29, 1.82) is 0 Å². The van der Waals surface area contributed by atoms with Gasteiger partial charge in [-0.2, -0.15) is 0 Å². The summed E-state index contributed by atoms with van der Waals surface area (Å²) in [5.41, 5.74) is 0.685. The monoisotopic (exact) mass is 208 g/mol. The van der Waals surface area contributed by atoms with E-state index in [9.17, 15) is 4.79 Å². The summed E-state index contributed by atoms with van der Waals surface area (Å²) in [6.07, 6.45) is 0. The number of anilines is 1. The molecule has 5 heteroatoms. The van der Waals surface area contributed by atoms with E-state index in [1.54, 1.807) is 18.2 Å². The summed E-state index contributed by atoms with van der Waals surface area (Å²) in [5, 5.41) is 5.33. The Kier molecular flexibility index (Phi) is 2.62. The zero-order valence-electron chi connectivity index (χ0n) is 8.37. The highest BCUT2D eigenvalue weighted by atomic mass is 16.7. The summed E-state index contributed by atoms with van der Waals surface area (Å²) in [6, 6.07) is 5.04. The number of ether oxygens (including phenoxy) is 2. The first-order valence-corrected chi connectivity index (χ1v) is 4.74. The Bertz CT molecular complexity index is 379. The molecule has 0 saturated heterocycles. The normalized spacial score (nSPS) is 12.3. The summed E-state index contributed by atoms with van der Waals surface area (Å²) >= 11 is 0. The third-order valence-electron chi connectivity index (χ3n) is 1.97.